The molecular weight excluding hydrogens is 220 g/mol. The van der Waals surface area contributed by atoms with Gasteiger partial charge in [0, 0.05) is 6.42 Å². The number of rotatable bonds is 3. The Bertz CT molecular complexity index is 366. The van der Waals surface area contributed by atoms with E-state index in [1.165, 1.54) is 0 Å². The number of cyclic esters (lactones) is 1. The summed E-state index contributed by atoms with van der Waals surface area (Å²) < 4.78 is 5.26. The fourth-order valence-corrected chi connectivity index (χ4v) is 1.87. The van der Waals surface area contributed by atoms with E-state index in [1.54, 1.807) is 27.7 Å². The summed E-state index contributed by atoms with van der Waals surface area (Å²) in [6.07, 6.45) is 0.863. The second-order valence-electron chi connectivity index (χ2n) is 5.57. The van der Waals surface area contributed by atoms with Crippen LogP contribution in [0, 0.1) is 11.3 Å². The highest BCUT2D eigenvalue weighted by atomic mass is 16.6. The SMILES string of the molecule is CCCC(=O)C1C(=O)OC(C)(C)C(C)(C)C1=O. The Balaban J connectivity index is 3.08. The van der Waals surface area contributed by atoms with Crippen LogP contribution in [0.5, 0.6) is 0 Å². The van der Waals surface area contributed by atoms with Crippen molar-refractivity contribution in [2.75, 3.05) is 0 Å². The molecular formula is C13H20O4. The van der Waals surface area contributed by atoms with Crippen molar-refractivity contribution >= 4 is 17.5 Å². The minimum atomic E-state index is -1.22. The number of carbonyl (C=O) groups is 3. The van der Waals surface area contributed by atoms with Gasteiger partial charge in [-0.1, -0.05) is 6.92 Å². The molecule has 0 aromatic carbocycles. The van der Waals surface area contributed by atoms with Crippen LogP contribution in [0.15, 0.2) is 0 Å². The molecule has 0 saturated carbocycles. The smallest absolute Gasteiger partial charge is 0.324 e. The van der Waals surface area contributed by atoms with E-state index in [0.717, 1.165) is 0 Å². The molecule has 0 aliphatic carbocycles. The van der Waals surface area contributed by atoms with Crippen molar-refractivity contribution in [2.45, 2.75) is 53.1 Å². The normalized spacial score (nSPS) is 26.5. The summed E-state index contributed by atoms with van der Waals surface area (Å²) in [5.74, 6) is -2.57. The molecule has 0 aromatic rings. The Hall–Kier alpha value is -1.19. The monoisotopic (exact) mass is 240 g/mol. The van der Waals surface area contributed by atoms with Gasteiger partial charge in [-0.05, 0) is 34.1 Å². The zero-order valence-electron chi connectivity index (χ0n) is 11.1. The maximum atomic E-state index is 12.3. The molecule has 1 saturated heterocycles. The molecule has 0 aromatic heterocycles. The van der Waals surface area contributed by atoms with E-state index in [0.29, 0.717) is 6.42 Å². The van der Waals surface area contributed by atoms with Crippen LogP contribution in [0.3, 0.4) is 0 Å². The molecule has 17 heavy (non-hydrogen) atoms. The highest BCUT2D eigenvalue weighted by molar-refractivity contribution is 6.20. The van der Waals surface area contributed by atoms with Crippen molar-refractivity contribution in [3.63, 3.8) is 0 Å². The topological polar surface area (TPSA) is 60.4 Å². The van der Waals surface area contributed by atoms with Gasteiger partial charge in [-0.2, -0.15) is 0 Å². The maximum absolute atomic E-state index is 12.3. The van der Waals surface area contributed by atoms with Crippen molar-refractivity contribution in [1.29, 1.82) is 0 Å². The molecule has 0 radical (unpaired) electrons. The van der Waals surface area contributed by atoms with Gasteiger partial charge in [-0.25, -0.2) is 0 Å². The number of carbonyl (C=O) groups excluding carboxylic acids is 3. The van der Waals surface area contributed by atoms with E-state index >= 15 is 0 Å². The van der Waals surface area contributed by atoms with Crippen LogP contribution in [0.1, 0.15) is 47.5 Å². The lowest BCUT2D eigenvalue weighted by Crippen LogP contribution is -2.59. The minimum Gasteiger partial charge on any atom is -0.458 e. The molecule has 96 valence electrons. The van der Waals surface area contributed by atoms with Gasteiger partial charge in [-0.3, -0.25) is 14.4 Å². The molecule has 1 heterocycles. The van der Waals surface area contributed by atoms with Crippen LogP contribution in [0.4, 0.5) is 0 Å². The van der Waals surface area contributed by atoms with Gasteiger partial charge in [0.1, 0.15) is 5.60 Å². The quantitative estimate of drug-likeness (QED) is 0.558. The predicted molar refractivity (Wildman–Crippen MR) is 62.4 cm³/mol. The summed E-state index contributed by atoms with van der Waals surface area (Å²) in [6.45, 7) is 8.67. The Morgan fingerprint density at radius 1 is 1.24 bits per heavy atom. The van der Waals surface area contributed by atoms with Gasteiger partial charge in [-0.15, -0.1) is 0 Å². The molecule has 0 amide bonds. The lowest BCUT2D eigenvalue weighted by Gasteiger charge is -2.45. The third kappa shape index (κ3) is 2.13. The van der Waals surface area contributed by atoms with Gasteiger partial charge in [0.15, 0.2) is 17.5 Å². The number of hydrogen-bond donors (Lipinski definition) is 0. The lowest BCUT2D eigenvalue weighted by molar-refractivity contribution is -0.192. The maximum Gasteiger partial charge on any atom is 0.324 e. The number of ether oxygens (including phenoxy) is 1. The molecule has 1 aliphatic rings. The fraction of sp³-hybridized carbons (Fsp3) is 0.769. The Morgan fingerprint density at radius 3 is 2.24 bits per heavy atom. The Labute approximate surface area is 102 Å². The van der Waals surface area contributed by atoms with Crippen molar-refractivity contribution < 1.29 is 19.1 Å². The molecule has 0 spiro atoms. The van der Waals surface area contributed by atoms with Gasteiger partial charge in [0.05, 0.1) is 5.41 Å². The minimum absolute atomic E-state index is 0.238. The Morgan fingerprint density at radius 2 is 1.76 bits per heavy atom. The molecule has 1 aliphatic heterocycles. The second kappa shape index (κ2) is 4.24. The van der Waals surface area contributed by atoms with E-state index in [9.17, 15) is 14.4 Å². The standard InChI is InChI=1S/C13H20O4/c1-6-7-8(14)9-10(15)12(2,3)13(4,5)17-11(9)16/h9H,6-7H2,1-5H3. The van der Waals surface area contributed by atoms with Crippen LogP contribution in [0.25, 0.3) is 0 Å². The summed E-state index contributed by atoms with van der Waals surface area (Å²) >= 11 is 0. The average Bonchev–Trinajstić information content (AvgIpc) is 2.15. The van der Waals surface area contributed by atoms with Crippen LogP contribution >= 0.6 is 0 Å². The van der Waals surface area contributed by atoms with Crippen molar-refractivity contribution in [3.8, 4) is 0 Å². The van der Waals surface area contributed by atoms with Crippen molar-refractivity contribution in [2.24, 2.45) is 11.3 Å². The summed E-state index contributed by atoms with van der Waals surface area (Å²) in [7, 11) is 0. The molecule has 0 bridgehead atoms. The lowest BCUT2D eigenvalue weighted by atomic mass is 9.67. The highest BCUT2D eigenvalue weighted by Gasteiger charge is 2.56. The molecule has 1 rings (SSSR count). The van der Waals surface area contributed by atoms with Gasteiger partial charge in [0.25, 0.3) is 0 Å². The summed E-state index contributed by atoms with van der Waals surface area (Å²) in [6, 6.07) is 0. The van der Waals surface area contributed by atoms with Crippen molar-refractivity contribution in [1.82, 2.24) is 0 Å². The number of Topliss-reactive ketones (excluding diaryl/α,β-unsaturated/α-hetero) is 2. The van der Waals surface area contributed by atoms with E-state index in [2.05, 4.69) is 0 Å². The van der Waals surface area contributed by atoms with E-state index < -0.39 is 22.9 Å². The first-order valence-corrected chi connectivity index (χ1v) is 5.95. The summed E-state index contributed by atoms with van der Waals surface area (Å²) in [5, 5.41) is 0. The van der Waals surface area contributed by atoms with Crippen LogP contribution in [0.2, 0.25) is 0 Å². The number of hydrogen-bond acceptors (Lipinski definition) is 4. The summed E-state index contributed by atoms with van der Waals surface area (Å²) in [5.41, 5.74) is -1.71. The van der Waals surface area contributed by atoms with Crippen molar-refractivity contribution in [3.05, 3.63) is 0 Å². The molecule has 1 unspecified atom stereocenters. The predicted octanol–water partition coefficient (Wildman–Crippen LogP) is 1.90. The summed E-state index contributed by atoms with van der Waals surface area (Å²) in [4.78, 5) is 35.8. The van der Waals surface area contributed by atoms with Gasteiger partial charge >= 0.3 is 5.97 Å². The number of ketones is 2. The zero-order chi connectivity index (χ0) is 13.4. The van der Waals surface area contributed by atoms with Crippen LogP contribution in [-0.2, 0) is 19.1 Å². The largest absolute Gasteiger partial charge is 0.458 e. The zero-order valence-corrected chi connectivity index (χ0v) is 11.1. The Kier molecular flexibility index (Phi) is 3.46. The molecule has 1 fully saturated rings. The first kappa shape index (κ1) is 13.9. The molecule has 4 nitrogen and oxygen atoms in total. The highest BCUT2D eigenvalue weighted by Crippen LogP contribution is 2.42. The molecule has 1 atom stereocenters. The fourth-order valence-electron chi connectivity index (χ4n) is 1.87. The first-order valence-electron chi connectivity index (χ1n) is 5.95. The molecule has 0 N–H and O–H groups in total. The van der Waals surface area contributed by atoms with Gasteiger partial charge < -0.3 is 4.74 Å². The average molecular weight is 240 g/mol. The van der Waals surface area contributed by atoms with E-state index in [-0.39, 0.29) is 18.0 Å². The molecule has 4 heteroatoms. The van der Waals surface area contributed by atoms with Crippen LogP contribution < -0.4 is 0 Å². The second-order valence-corrected chi connectivity index (χ2v) is 5.57. The van der Waals surface area contributed by atoms with Gasteiger partial charge in [0.2, 0.25) is 0 Å². The van der Waals surface area contributed by atoms with E-state index in [4.69, 9.17) is 4.74 Å². The third-order valence-corrected chi connectivity index (χ3v) is 3.79. The third-order valence-electron chi connectivity index (χ3n) is 3.79. The first-order chi connectivity index (χ1) is 7.65. The number of esters is 1. The van der Waals surface area contributed by atoms with Crippen LogP contribution in [-0.4, -0.2) is 23.1 Å². The van der Waals surface area contributed by atoms with E-state index in [1.807, 2.05) is 6.92 Å².